The summed E-state index contributed by atoms with van der Waals surface area (Å²) in [6.45, 7) is 8.71. The molecule has 0 radical (unpaired) electrons. The van der Waals surface area contributed by atoms with Crippen molar-refractivity contribution >= 4 is 17.5 Å². The van der Waals surface area contributed by atoms with Gasteiger partial charge in [-0.05, 0) is 29.2 Å². The Bertz CT molecular complexity index is 1420. The van der Waals surface area contributed by atoms with Crippen molar-refractivity contribution in [2.24, 2.45) is 0 Å². The topological polar surface area (TPSA) is 79.2 Å². The SMILES string of the molecule is CC(C)c1ccccc1-c1ncc2c(n1)N(Cc1ccc(-n3ccc(N4CCNCC4)n3)cc1)C(=O)C2. The number of hydrogen-bond donors (Lipinski definition) is 1. The number of carbonyl (C=O) groups excluding carboxylic acids is 1. The van der Waals surface area contributed by atoms with E-state index in [1.807, 2.05) is 29.2 Å². The summed E-state index contributed by atoms with van der Waals surface area (Å²) in [6, 6.07) is 18.5. The molecular weight excluding hydrogens is 462 g/mol. The molecule has 2 aromatic carbocycles. The summed E-state index contributed by atoms with van der Waals surface area (Å²) in [7, 11) is 0. The van der Waals surface area contributed by atoms with Crippen LogP contribution in [0, 0.1) is 0 Å². The van der Waals surface area contributed by atoms with E-state index in [2.05, 4.69) is 71.5 Å². The van der Waals surface area contributed by atoms with Gasteiger partial charge in [0.2, 0.25) is 5.91 Å². The van der Waals surface area contributed by atoms with Crippen molar-refractivity contribution in [1.29, 1.82) is 0 Å². The molecule has 188 valence electrons. The van der Waals surface area contributed by atoms with Crippen molar-refractivity contribution in [2.45, 2.75) is 32.7 Å². The third-order valence-corrected chi connectivity index (χ3v) is 7.12. The van der Waals surface area contributed by atoms with Crippen molar-refractivity contribution in [1.82, 2.24) is 25.1 Å². The highest BCUT2D eigenvalue weighted by Gasteiger charge is 2.30. The molecule has 6 rings (SSSR count). The molecule has 37 heavy (non-hydrogen) atoms. The lowest BCUT2D eigenvalue weighted by Gasteiger charge is -2.27. The van der Waals surface area contributed by atoms with Gasteiger partial charge in [-0.1, -0.05) is 50.2 Å². The molecule has 0 aliphatic carbocycles. The molecule has 2 aliphatic heterocycles. The van der Waals surface area contributed by atoms with Crippen LogP contribution in [0.1, 0.15) is 36.5 Å². The summed E-state index contributed by atoms with van der Waals surface area (Å²) in [5.74, 6) is 2.78. The maximum atomic E-state index is 12.9. The fourth-order valence-corrected chi connectivity index (χ4v) is 5.09. The number of anilines is 2. The Kier molecular flexibility index (Phi) is 6.18. The highest BCUT2D eigenvalue weighted by atomic mass is 16.2. The average molecular weight is 494 g/mol. The summed E-state index contributed by atoms with van der Waals surface area (Å²) in [4.78, 5) is 26.5. The Hall–Kier alpha value is -4.04. The monoisotopic (exact) mass is 493 g/mol. The highest BCUT2D eigenvalue weighted by Crippen LogP contribution is 2.32. The third kappa shape index (κ3) is 4.60. The second-order valence-corrected chi connectivity index (χ2v) is 9.96. The van der Waals surface area contributed by atoms with Crippen LogP contribution >= 0.6 is 0 Å². The van der Waals surface area contributed by atoms with Crippen LogP contribution in [0.2, 0.25) is 0 Å². The number of piperazine rings is 1. The fourth-order valence-electron chi connectivity index (χ4n) is 5.09. The number of rotatable bonds is 6. The Labute approximate surface area is 217 Å². The number of hydrogen-bond acceptors (Lipinski definition) is 6. The van der Waals surface area contributed by atoms with Gasteiger partial charge >= 0.3 is 0 Å². The summed E-state index contributed by atoms with van der Waals surface area (Å²) >= 11 is 0. The minimum atomic E-state index is 0.0513. The molecule has 8 heteroatoms. The first-order valence-corrected chi connectivity index (χ1v) is 12.9. The Balaban J connectivity index is 1.22. The molecule has 4 heterocycles. The van der Waals surface area contributed by atoms with Crippen LogP contribution in [-0.2, 0) is 17.8 Å². The van der Waals surface area contributed by atoms with E-state index in [9.17, 15) is 4.79 Å². The van der Waals surface area contributed by atoms with Gasteiger partial charge in [0.25, 0.3) is 0 Å². The molecule has 0 unspecified atom stereocenters. The van der Waals surface area contributed by atoms with E-state index in [1.165, 1.54) is 5.56 Å². The summed E-state index contributed by atoms with van der Waals surface area (Å²) in [5, 5.41) is 8.14. The first-order chi connectivity index (χ1) is 18.1. The number of fused-ring (bicyclic) bond motifs is 1. The van der Waals surface area contributed by atoms with Crippen LogP contribution < -0.4 is 15.1 Å². The normalized spacial score (nSPS) is 15.5. The highest BCUT2D eigenvalue weighted by molar-refractivity contribution is 6.00. The van der Waals surface area contributed by atoms with E-state index in [0.29, 0.717) is 30.5 Å². The number of benzene rings is 2. The van der Waals surface area contributed by atoms with Gasteiger partial charge in [-0.2, -0.15) is 5.10 Å². The zero-order valence-electron chi connectivity index (χ0n) is 21.3. The van der Waals surface area contributed by atoms with Crippen LogP contribution in [-0.4, -0.2) is 51.8 Å². The number of nitrogens with one attached hydrogen (secondary N) is 1. The van der Waals surface area contributed by atoms with E-state index >= 15 is 0 Å². The summed E-state index contributed by atoms with van der Waals surface area (Å²) < 4.78 is 1.91. The molecule has 1 fully saturated rings. The van der Waals surface area contributed by atoms with E-state index in [1.54, 1.807) is 4.90 Å². The van der Waals surface area contributed by atoms with Crippen molar-refractivity contribution in [3.63, 3.8) is 0 Å². The predicted molar refractivity (Wildman–Crippen MR) is 145 cm³/mol. The van der Waals surface area contributed by atoms with Gasteiger partial charge in [0.15, 0.2) is 11.6 Å². The van der Waals surface area contributed by atoms with Gasteiger partial charge < -0.3 is 10.2 Å². The minimum absolute atomic E-state index is 0.0513. The lowest BCUT2D eigenvalue weighted by Crippen LogP contribution is -2.43. The third-order valence-electron chi connectivity index (χ3n) is 7.12. The Morgan fingerprint density at radius 1 is 1.00 bits per heavy atom. The molecule has 1 N–H and O–H groups in total. The average Bonchev–Trinajstić information content (AvgIpc) is 3.54. The molecule has 4 aromatic rings. The summed E-state index contributed by atoms with van der Waals surface area (Å²) in [5.41, 5.74) is 5.13. The lowest BCUT2D eigenvalue weighted by molar-refractivity contribution is -0.117. The Morgan fingerprint density at radius 3 is 2.57 bits per heavy atom. The zero-order valence-corrected chi connectivity index (χ0v) is 21.3. The van der Waals surface area contributed by atoms with Gasteiger partial charge in [0.1, 0.15) is 5.82 Å². The molecule has 0 bridgehead atoms. The molecule has 2 aliphatic rings. The van der Waals surface area contributed by atoms with Gasteiger partial charge in [-0.15, -0.1) is 0 Å². The van der Waals surface area contributed by atoms with E-state index in [-0.39, 0.29) is 5.91 Å². The number of aromatic nitrogens is 4. The smallest absolute Gasteiger partial charge is 0.233 e. The quantitative estimate of drug-likeness (QED) is 0.438. The Morgan fingerprint density at radius 2 is 1.78 bits per heavy atom. The van der Waals surface area contributed by atoms with Crippen LogP contribution in [0.4, 0.5) is 11.6 Å². The van der Waals surface area contributed by atoms with E-state index < -0.39 is 0 Å². The zero-order chi connectivity index (χ0) is 25.4. The number of carbonyl (C=O) groups is 1. The van der Waals surface area contributed by atoms with E-state index in [4.69, 9.17) is 10.1 Å². The molecular formula is C29H31N7O. The minimum Gasteiger partial charge on any atom is -0.353 e. The van der Waals surface area contributed by atoms with Gasteiger partial charge in [-0.25, -0.2) is 14.6 Å². The number of amides is 1. The lowest BCUT2D eigenvalue weighted by atomic mass is 9.97. The van der Waals surface area contributed by atoms with Crippen LogP contribution in [0.5, 0.6) is 0 Å². The van der Waals surface area contributed by atoms with Gasteiger partial charge in [-0.3, -0.25) is 9.69 Å². The van der Waals surface area contributed by atoms with Crippen LogP contribution in [0.25, 0.3) is 17.1 Å². The van der Waals surface area contributed by atoms with Crippen molar-refractivity contribution in [2.75, 3.05) is 36.0 Å². The van der Waals surface area contributed by atoms with Gasteiger partial charge in [0.05, 0.1) is 18.7 Å². The van der Waals surface area contributed by atoms with Crippen molar-refractivity contribution in [3.8, 4) is 17.1 Å². The van der Waals surface area contributed by atoms with Crippen LogP contribution in [0.15, 0.2) is 67.0 Å². The molecule has 0 atom stereocenters. The van der Waals surface area contributed by atoms with E-state index in [0.717, 1.165) is 54.4 Å². The predicted octanol–water partition coefficient (Wildman–Crippen LogP) is 3.95. The molecule has 2 aromatic heterocycles. The molecule has 0 saturated carbocycles. The second kappa shape index (κ2) is 9.78. The molecule has 1 amide bonds. The maximum absolute atomic E-state index is 12.9. The fraction of sp³-hybridized carbons (Fsp3) is 0.310. The molecule has 1 saturated heterocycles. The molecule has 0 spiro atoms. The molecule has 8 nitrogen and oxygen atoms in total. The standard InChI is InChI=1S/C29H31N7O/c1-20(2)24-5-3-4-6-25(24)28-31-18-22-17-27(37)35(29(22)32-28)19-21-7-9-23(10-8-21)36-14-11-26(33-36)34-15-12-30-13-16-34/h3-11,14,18,20,30H,12-13,15-17,19H2,1-2H3. The van der Waals surface area contributed by atoms with Crippen LogP contribution in [0.3, 0.4) is 0 Å². The largest absolute Gasteiger partial charge is 0.353 e. The number of nitrogens with zero attached hydrogens (tertiary/aromatic N) is 6. The van der Waals surface area contributed by atoms with Crippen molar-refractivity contribution in [3.05, 3.63) is 83.7 Å². The first kappa shape index (κ1) is 23.4. The van der Waals surface area contributed by atoms with Gasteiger partial charge in [0, 0.05) is 55.8 Å². The van der Waals surface area contributed by atoms with Crippen molar-refractivity contribution < 1.29 is 4.79 Å². The summed E-state index contributed by atoms with van der Waals surface area (Å²) in [6.07, 6.45) is 4.14. The first-order valence-electron chi connectivity index (χ1n) is 12.9. The second-order valence-electron chi connectivity index (χ2n) is 9.96. The maximum Gasteiger partial charge on any atom is 0.233 e.